The topological polar surface area (TPSA) is 51.7 Å². The molecule has 4 rings (SSSR count). The molecule has 0 unspecified atom stereocenters. The van der Waals surface area contributed by atoms with E-state index in [0.717, 1.165) is 11.3 Å². The van der Waals surface area contributed by atoms with Crippen LogP contribution in [0.25, 0.3) is 0 Å². The summed E-state index contributed by atoms with van der Waals surface area (Å²) in [6.45, 7) is 3.68. The van der Waals surface area contributed by atoms with Gasteiger partial charge in [-0.25, -0.2) is 4.98 Å². The van der Waals surface area contributed by atoms with E-state index in [9.17, 15) is 4.79 Å². The standard InChI is InChI=1S/C25H24Cl2N2O3/c1-25(16-32-23-12-9-20(27)13-28-23)15-29(14-22(25)17-3-7-19(26)8-4-17)24(30)18-5-10-21(31-2)11-6-18/h3-13,22H,14-16H2,1-2H3/t22-,25-/m1/s1. The number of ether oxygens (including phenoxy) is 2. The monoisotopic (exact) mass is 470 g/mol. The molecule has 1 amide bonds. The predicted molar refractivity (Wildman–Crippen MR) is 126 cm³/mol. The number of carbonyl (C=O) groups excluding carboxylic acids is 1. The molecule has 1 aliphatic heterocycles. The number of halogens is 2. The van der Waals surface area contributed by atoms with E-state index in [1.165, 1.54) is 0 Å². The van der Waals surface area contributed by atoms with Crippen molar-refractivity contribution in [1.82, 2.24) is 9.88 Å². The Hall–Kier alpha value is -2.76. The molecular weight excluding hydrogens is 447 g/mol. The van der Waals surface area contributed by atoms with Crippen LogP contribution in [0.1, 0.15) is 28.8 Å². The summed E-state index contributed by atoms with van der Waals surface area (Å²) in [7, 11) is 1.61. The maximum atomic E-state index is 13.3. The Labute approximate surface area is 197 Å². The number of amides is 1. The van der Waals surface area contributed by atoms with Crippen molar-refractivity contribution in [2.45, 2.75) is 12.8 Å². The number of hydrogen-bond donors (Lipinski definition) is 0. The van der Waals surface area contributed by atoms with Crippen molar-refractivity contribution in [3.8, 4) is 11.6 Å². The summed E-state index contributed by atoms with van der Waals surface area (Å²) >= 11 is 12.0. The van der Waals surface area contributed by atoms with E-state index in [2.05, 4.69) is 11.9 Å². The number of hydrogen-bond acceptors (Lipinski definition) is 4. The maximum absolute atomic E-state index is 13.3. The van der Waals surface area contributed by atoms with Gasteiger partial charge in [0.2, 0.25) is 5.88 Å². The first-order valence-corrected chi connectivity index (χ1v) is 11.1. The first-order chi connectivity index (χ1) is 15.4. The Bertz CT molecular complexity index is 1070. The maximum Gasteiger partial charge on any atom is 0.253 e. The predicted octanol–water partition coefficient (Wildman–Crippen LogP) is 5.72. The minimum Gasteiger partial charge on any atom is -0.497 e. The van der Waals surface area contributed by atoms with E-state index >= 15 is 0 Å². The Morgan fingerprint density at radius 1 is 1.06 bits per heavy atom. The lowest BCUT2D eigenvalue weighted by atomic mass is 9.77. The van der Waals surface area contributed by atoms with Crippen LogP contribution in [0.4, 0.5) is 0 Å². The molecule has 1 aliphatic rings. The highest BCUT2D eigenvalue weighted by molar-refractivity contribution is 6.30. The third kappa shape index (κ3) is 4.84. The highest BCUT2D eigenvalue weighted by Gasteiger charge is 2.46. The zero-order chi connectivity index (χ0) is 22.7. The van der Waals surface area contributed by atoms with E-state index in [-0.39, 0.29) is 17.2 Å². The molecule has 5 nitrogen and oxygen atoms in total. The first-order valence-electron chi connectivity index (χ1n) is 10.3. The van der Waals surface area contributed by atoms with Crippen LogP contribution in [0.15, 0.2) is 66.9 Å². The number of pyridine rings is 1. The highest BCUT2D eigenvalue weighted by atomic mass is 35.5. The van der Waals surface area contributed by atoms with E-state index in [4.69, 9.17) is 32.7 Å². The third-order valence-electron chi connectivity index (χ3n) is 5.94. The van der Waals surface area contributed by atoms with Gasteiger partial charge in [0.15, 0.2) is 0 Å². The average molecular weight is 471 g/mol. The zero-order valence-electron chi connectivity index (χ0n) is 17.9. The Kier molecular flexibility index (Phi) is 6.58. The molecular formula is C25H24Cl2N2O3. The largest absolute Gasteiger partial charge is 0.497 e. The van der Waals surface area contributed by atoms with Crippen molar-refractivity contribution in [2.75, 3.05) is 26.8 Å². The van der Waals surface area contributed by atoms with Crippen LogP contribution in [0, 0.1) is 5.41 Å². The van der Waals surface area contributed by atoms with E-state index in [1.807, 2.05) is 29.2 Å². The molecule has 0 spiro atoms. The second-order valence-electron chi connectivity index (χ2n) is 8.28. The number of nitrogens with zero attached hydrogens (tertiary/aromatic N) is 2. The molecule has 1 fully saturated rings. The van der Waals surface area contributed by atoms with Gasteiger partial charge in [-0.05, 0) is 48.0 Å². The molecule has 1 aromatic heterocycles. The zero-order valence-corrected chi connectivity index (χ0v) is 19.4. The van der Waals surface area contributed by atoms with Gasteiger partial charge in [-0.15, -0.1) is 0 Å². The average Bonchev–Trinajstić information content (AvgIpc) is 3.16. The number of aromatic nitrogens is 1. The molecule has 0 radical (unpaired) electrons. The van der Waals surface area contributed by atoms with Gasteiger partial charge in [-0.3, -0.25) is 4.79 Å². The van der Waals surface area contributed by atoms with Crippen molar-refractivity contribution >= 4 is 29.1 Å². The Morgan fingerprint density at radius 2 is 1.75 bits per heavy atom. The van der Waals surface area contributed by atoms with Gasteiger partial charge >= 0.3 is 0 Å². The molecule has 0 saturated carbocycles. The van der Waals surface area contributed by atoms with Crippen LogP contribution in [0.5, 0.6) is 11.6 Å². The van der Waals surface area contributed by atoms with Crippen LogP contribution in [-0.4, -0.2) is 42.6 Å². The van der Waals surface area contributed by atoms with Gasteiger partial charge in [-0.1, -0.05) is 42.3 Å². The van der Waals surface area contributed by atoms with Crippen LogP contribution < -0.4 is 9.47 Å². The van der Waals surface area contributed by atoms with Crippen LogP contribution >= 0.6 is 23.2 Å². The molecule has 166 valence electrons. The van der Waals surface area contributed by atoms with Crippen molar-refractivity contribution in [3.05, 3.63) is 88.0 Å². The summed E-state index contributed by atoms with van der Waals surface area (Å²) in [6, 6.07) is 18.5. The lowest BCUT2D eigenvalue weighted by Crippen LogP contribution is -2.35. The number of likely N-dealkylation sites (tertiary alicyclic amines) is 1. The molecule has 2 atom stereocenters. The molecule has 0 aliphatic carbocycles. The van der Waals surface area contributed by atoms with Gasteiger partial charge in [-0.2, -0.15) is 0 Å². The summed E-state index contributed by atoms with van der Waals surface area (Å²) < 4.78 is 11.2. The second-order valence-corrected chi connectivity index (χ2v) is 9.15. The molecule has 3 aromatic rings. The molecule has 2 heterocycles. The van der Waals surface area contributed by atoms with Gasteiger partial charge < -0.3 is 14.4 Å². The Balaban J connectivity index is 1.58. The molecule has 2 aromatic carbocycles. The summed E-state index contributed by atoms with van der Waals surface area (Å²) in [4.78, 5) is 19.4. The Morgan fingerprint density at radius 3 is 2.38 bits per heavy atom. The quantitative estimate of drug-likeness (QED) is 0.461. The fourth-order valence-corrected chi connectivity index (χ4v) is 4.40. The second kappa shape index (κ2) is 9.39. The third-order valence-corrected chi connectivity index (χ3v) is 6.42. The molecule has 0 bridgehead atoms. The number of rotatable bonds is 6. The lowest BCUT2D eigenvalue weighted by molar-refractivity contribution is 0.0758. The highest BCUT2D eigenvalue weighted by Crippen LogP contribution is 2.43. The molecule has 1 saturated heterocycles. The van der Waals surface area contributed by atoms with E-state index in [0.29, 0.717) is 41.2 Å². The van der Waals surface area contributed by atoms with Crippen molar-refractivity contribution in [3.63, 3.8) is 0 Å². The van der Waals surface area contributed by atoms with E-state index < -0.39 is 0 Å². The summed E-state index contributed by atoms with van der Waals surface area (Å²) in [6.07, 6.45) is 1.56. The van der Waals surface area contributed by atoms with Gasteiger partial charge in [0.05, 0.1) is 18.7 Å². The SMILES string of the molecule is COc1ccc(C(=O)N2C[C@H](c3ccc(Cl)cc3)[C@@](C)(COc3ccc(Cl)cn3)C2)cc1. The van der Waals surface area contributed by atoms with Gasteiger partial charge in [0.1, 0.15) is 5.75 Å². The van der Waals surface area contributed by atoms with Crippen LogP contribution in [0.3, 0.4) is 0 Å². The van der Waals surface area contributed by atoms with Crippen molar-refractivity contribution in [2.24, 2.45) is 5.41 Å². The molecule has 7 heteroatoms. The minimum absolute atomic E-state index is 0.0139. The molecule has 0 N–H and O–H groups in total. The van der Waals surface area contributed by atoms with E-state index in [1.54, 1.807) is 49.7 Å². The normalized spacial score (nSPS) is 20.2. The van der Waals surface area contributed by atoms with Crippen molar-refractivity contribution in [1.29, 1.82) is 0 Å². The van der Waals surface area contributed by atoms with Crippen molar-refractivity contribution < 1.29 is 14.3 Å². The van der Waals surface area contributed by atoms with Gasteiger partial charge in [0, 0.05) is 47.3 Å². The fourth-order valence-electron chi connectivity index (χ4n) is 4.16. The summed E-state index contributed by atoms with van der Waals surface area (Å²) in [5.41, 5.74) is 1.43. The number of carbonyl (C=O) groups is 1. The molecule has 32 heavy (non-hydrogen) atoms. The number of benzene rings is 2. The number of methoxy groups -OCH3 is 1. The summed E-state index contributed by atoms with van der Waals surface area (Å²) in [5.74, 6) is 1.29. The van der Waals surface area contributed by atoms with Gasteiger partial charge in [0.25, 0.3) is 5.91 Å². The fraction of sp³-hybridized carbons (Fsp3) is 0.280. The summed E-state index contributed by atoms with van der Waals surface area (Å²) in [5, 5.41) is 1.24. The van der Waals surface area contributed by atoms with Crippen LogP contribution in [-0.2, 0) is 0 Å². The van der Waals surface area contributed by atoms with Crippen LogP contribution in [0.2, 0.25) is 10.0 Å². The smallest absolute Gasteiger partial charge is 0.253 e. The minimum atomic E-state index is -0.322. The first kappa shape index (κ1) is 22.4. The lowest BCUT2D eigenvalue weighted by Gasteiger charge is -2.30.